The molecule has 0 aliphatic heterocycles. The van der Waals surface area contributed by atoms with Gasteiger partial charge in [0, 0.05) is 12.6 Å². The molecule has 0 saturated carbocycles. The average Bonchev–Trinajstić information content (AvgIpc) is 2.47. The monoisotopic (exact) mass is 331 g/mol. The molecular weight excluding hydrogens is 320 g/mol. The Hall–Kier alpha value is -1.66. The first-order chi connectivity index (χ1) is 9.89. The average molecular weight is 332 g/mol. The molecule has 0 aliphatic carbocycles. The van der Waals surface area contributed by atoms with Crippen LogP contribution in [0.3, 0.4) is 0 Å². The fraction of sp³-hybridized carbons (Fsp3) is 0.143. The number of hydrogen-bond donors (Lipinski definition) is 0. The molecule has 2 aromatic rings. The first-order valence-corrected chi connectivity index (χ1v) is 7.94. The summed E-state index contributed by atoms with van der Waals surface area (Å²) in [6, 6.07) is 9.98. The molecule has 0 radical (unpaired) electrons. The number of benzene rings is 2. The van der Waals surface area contributed by atoms with Gasteiger partial charge in [0.25, 0.3) is 10.0 Å². The summed E-state index contributed by atoms with van der Waals surface area (Å²) in [5.41, 5.74) is -0.0900. The molecule has 112 valence electrons. The maximum Gasteiger partial charge on any atom is 0.267 e. The number of rotatable bonds is 4. The minimum absolute atomic E-state index is 0.369. The Morgan fingerprint density at radius 1 is 1.10 bits per heavy atom. The van der Waals surface area contributed by atoms with Gasteiger partial charge in [-0.2, -0.15) is 0 Å². The molecule has 0 heterocycles. The van der Waals surface area contributed by atoms with Crippen molar-refractivity contribution in [2.75, 3.05) is 11.4 Å². The highest BCUT2D eigenvalue weighted by Gasteiger charge is 2.27. The lowest BCUT2D eigenvalue weighted by molar-refractivity contribution is 0.535. The Morgan fingerprint density at radius 3 is 2.29 bits per heavy atom. The molecular formula is C14H12ClF2NO2S. The van der Waals surface area contributed by atoms with Crippen molar-refractivity contribution in [3.8, 4) is 0 Å². The van der Waals surface area contributed by atoms with Crippen LogP contribution in [0.25, 0.3) is 0 Å². The molecule has 3 nitrogen and oxygen atoms in total. The summed E-state index contributed by atoms with van der Waals surface area (Å²) >= 11 is 5.47. The Balaban J connectivity index is 2.55. The van der Waals surface area contributed by atoms with E-state index in [0.29, 0.717) is 5.69 Å². The Labute approximate surface area is 126 Å². The van der Waals surface area contributed by atoms with E-state index in [1.54, 1.807) is 30.3 Å². The van der Waals surface area contributed by atoms with Crippen molar-refractivity contribution < 1.29 is 17.2 Å². The van der Waals surface area contributed by atoms with Crippen LogP contribution >= 0.6 is 11.6 Å². The molecule has 0 amide bonds. The van der Waals surface area contributed by atoms with Gasteiger partial charge in [-0.05, 0) is 24.3 Å². The molecule has 0 fully saturated rings. The van der Waals surface area contributed by atoms with Crippen LogP contribution in [0.5, 0.6) is 0 Å². The zero-order valence-corrected chi connectivity index (χ0v) is 12.6. The molecule has 0 unspecified atom stereocenters. The third kappa shape index (κ3) is 2.87. The van der Waals surface area contributed by atoms with Gasteiger partial charge < -0.3 is 0 Å². The third-order valence-electron chi connectivity index (χ3n) is 3.04. The highest BCUT2D eigenvalue weighted by Crippen LogP contribution is 2.27. The first-order valence-electron chi connectivity index (χ1n) is 5.96. The van der Waals surface area contributed by atoms with Crippen molar-refractivity contribution in [1.82, 2.24) is 0 Å². The summed E-state index contributed by atoms with van der Waals surface area (Å²) in [6.07, 6.45) is 0. The van der Waals surface area contributed by atoms with Crippen molar-refractivity contribution in [3.63, 3.8) is 0 Å². The fourth-order valence-electron chi connectivity index (χ4n) is 1.82. The topological polar surface area (TPSA) is 37.4 Å². The summed E-state index contributed by atoms with van der Waals surface area (Å²) in [7, 11) is -2.84. The van der Waals surface area contributed by atoms with E-state index in [2.05, 4.69) is 0 Å². The number of para-hydroxylation sites is 1. The van der Waals surface area contributed by atoms with Crippen LogP contribution in [-0.2, 0) is 15.9 Å². The smallest absolute Gasteiger partial charge is 0.267 e. The van der Waals surface area contributed by atoms with Crippen LogP contribution in [0.4, 0.5) is 14.5 Å². The van der Waals surface area contributed by atoms with E-state index in [-0.39, 0.29) is 0 Å². The Bertz CT molecular complexity index is 751. The van der Waals surface area contributed by atoms with Crippen LogP contribution < -0.4 is 4.31 Å². The second-order valence-electron chi connectivity index (χ2n) is 4.28. The number of alkyl halides is 1. The molecule has 0 atom stereocenters. The molecule has 0 aromatic heterocycles. The summed E-state index contributed by atoms with van der Waals surface area (Å²) in [4.78, 5) is -0.606. The SMILES string of the molecule is CN(c1ccccc1)S(=O)(=O)c1ccc(F)c(CCl)c1F. The minimum Gasteiger partial charge on any atom is -0.269 e. The molecule has 7 heteroatoms. The van der Waals surface area contributed by atoms with Crippen LogP contribution in [-0.4, -0.2) is 15.5 Å². The Morgan fingerprint density at radius 2 is 1.71 bits per heavy atom. The highest BCUT2D eigenvalue weighted by atomic mass is 35.5. The summed E-state index contributed by atoms with van der Waals surface area (Å²) < 4.78 is 53.4. The van der Waals surface area contributed by atoms with E-state index in [0.717, 1.165) is 16.4 Å². The van der Waals surface area contributed by atoms with Crippen molar-refractivity contribution in [1.29, 1.82) is 0 Å². The number of halogens is 3. The number of hydrogen-bond acceptors (Lipinski definition) is 2. The largest absolute Gasteiger partial charge is 0.269 e. The summed E-state index contributed by atoms with van der Waals surface area (Å²) in [5.74, 6) is -2.48. The summed E-state index contributed by atoms with van der Waals surface area (Å²) in [5, 5.41) is 0. The second-order valence-corrected chi connectivity index (χ2v) is 6.48. The zero-order valence-electron chi connectivity index (χ0n) is 11.1. The van der Waals surface area contributed by atoms with Gasteiger partial charge in [0.1, 0.15) is 10.7 Å². The maximum atomic E-state index is 14.2. The van der Waals surface area contributed by atoms with Crippen molar-refractivity contribution in [2.24, 2.45) is 0 Å². The van der Waals surface area contributed by atoms with Gasteiger partial charge in [-0.15, -0.1) is 11.6 Å². The normalized spacial score (nSPS) is 11.4. The van der Waals surface area contributed by atoms with Crippen LogP contribution in [0.2, 0.25) is 0 Å². The van der Waals surface area contributed by atoms with E-state index in [1.807, 2.05) is 0 Å². The lowest BCUT2D eigenvalue weighted by Crippen LogP contribution is -2.27. The van der Waals surface area contributed by atoms with Crippen molar-refractivity contribution in [2.45, 2.75) is 10.8 Å². The summed E-state index contributed by atoms with van der Waals surface area (Å²) in [6.45, 7) is 0. The minimum atomic E-state index is -4.14. The molecule has 2 aromatic carbocycles. The van der Waals surface area contributed by atoms with Crippen LogP contribution in [0.15, 0.2) is 47.4 Å². The molecule has 0 aliphatic rings. The van der Waals surface area contributed by atoms with Gasteiger partial charge in [-0.25, -0.2) is 17.2 Å². The molecule has 0 saturated heterocycles. The predicted molar refractivity (Wildman–Crippen MR) is 77.9 cm³/mol. The van der Waals surface area contributed by atoms with Crippen LogP contribution in [0.1, 0.15) is 5.56 Å². The van der Waals surface area contributed by atoms with Gasteiger partial charge in [0.2, 0.25) is 0 Å². The van der Waals surface area contributed by atoms with Gasteiger partial charge in [0.05, 0.1) is 11.6 Å². The molecule has 0 N–H and O–H groups in total. The van der Waals surface area contributed by atoms with Crippen molar-refractivity contribution in [3.05, 3.63) is 59.7 Å². The van der Waals surface area contributed by atoms with Gasteiger partial charge in [-0.3, -0.25) is 4.31 Å². The standard InChI is InChI=1S/C14H12ClF2NO2S/c1-18(10-5-3-2-4-6-10)21(19,20)13-8-7-12(16)11(9-15)14(13)17/h2-8H,9H2,1H3. The number of nitrogens with zero attached hydrogens (tertiary/aromatic N) is 1. The van der Waals surface area contributed by atoms with E-state index in [4.69, 9.17) is 11.6 Å². The Kier molecular flexibility index (Phi) is 4.49. The fourth-order valence-corrected chi connectivity index (χ4v) is 3.35. The maximum absolute atomic E-state index is 14.2. The van der Waals surface area contributed by atoms with Gasteiger partial charge in [0.15, 0.2) is 5.82 Å². The predicted octanol–water partition coefficient (Wildman–Crippen LogP) is 3.53. The van der Waals surface area contributed by atoms with Crippen molar-refractivity contribution >= 4 is 27.3 Å². The van der Waals surface area contributed by atoms with E-state index >= 15 is 0 Å². The number of sulfonamides is 1. The zero-order chi connectivity index (χ0) is 15.6. The van der Waals surface area contributed by atoms with Gasteiger partial charge >= 0.3 is 0 Å². The van der Waals surface area contributed by atoms with E-state index in [9.17, 15) is 17.2 Å². The third-order valence-corrected chi connectivity index (χ3v) is 5.11. The first kappa shape index (κ1) is 15.7. The second kappa shape index (κ2) is 5.99. The molecule has 0 bridgehead atoms. The molecule has 0 spiro atoms. The molecule has 2 rings (SSSR count). The van der Waals surface area contributed by atoms with E-state index in [1.165, 1.54) is 7.05 Å². The highest BCUT2D eigenvalue weighted by molar-refractivity contribution is 7.92. The quantitative estimate of drug-likeness (QED) is 0.804. The molecule has 21 heavy (non-hydrogen) atoms. The lowest BCUT2D eigenvalue weighted by Gasteiger charge is -2.20. The number of anilines is 1. The van der Waals surface area contributed by atoms with Gasteiger partial charge in [-0.1, -0.05) is 18.2 Å². The van der Waals surface area contributed by atoms with E-state index < -0.39 is 38.0 Å². The van der Waals surface area contributed by atoms with Crippen LogP contribution in [0, 0.1) is 11.6 Å². The lowest BCUT2D eigenvalue weighted by atomic mass is 10.2.